The van der Waals surface area contributed by atoms with E-state index in [0.717, 1.165) is 5.69 Å². The van der Waals surface area contributed by atoms with Crippen molar-refractivity contribution in [2.24, 2.45) is 0 Å². The van der Waals surface area contributed by atoms with E-state index in [0.29, 0.717) is 55.0 Å². The van der Waals surface area contributed by atoms with Gasteiger partial charge in [-0.3, -0.25) is 9.78 Å². The first-order valence-corrected chi connectivity index (χ1v) is 9.21. The Balaban J connectivity index is 1.25. The maximum Gasteiger partial charge on any atom is 0.255 e. The second-order valence-corrected chi connectivity index (χ2v) is 6.18. The Bertz CT molecular complexity index is 966. The lowest BCUT2D eigenvalue weighted by molar-refractivity contribution is 0.0944. The summed E-state index contributed by atoms with van der Waals surface area (Å²) < 4.78 is 11.1. The van der Waals surface area contributed by atoms with Crippen LogP contribution < -0.4 is 25.4 Å². The van der Waals surface area contributed by atoms with E-state index in [9.17, 15) is 4.79 Å². The molecule has 0 bridgehead atoms. The highest BCUT2D eigenvalue weighted by atomic mass is 16.6. The van der Waals surface area contributed by atoms with E-state index < -0.39 is 0 Å². The highest BCUT2D eigenvalue weighted by Gasteiger charge is 2.19. The van der Waals surface area contributed by atoms with Crippen LogP contribution in [0.2, 0.25) is 0 Å². The molecule has 0 saturated heterocycles. The van der Waals surface area contributed by atoms with Gasteiger partial charge in [-0.2, -0.15) is 0 Å². The highest BCUT2D eigenvalue weighted by molar-refractivity contribution is 5.97. The van der Waals surface area contributed by atoms with Gasteiger partial charge in [-0.1, -0.05) is 6.07 Å². The van der Waals surface area contributed by atoms with Crippen molar-refractivity contribution >= 4 is 23.2 Å². The predicted octanol–water partition coefficient (Wildman–Crippen LogP) is 2.23. The van der Waals surface area contributed by atoms with E-state index in [4.69, 9.17) is 9.47 Å². The van der Waals surface area contributed by atoms with Crippen molar-refractivity contribution in [2.75, 3.05) is 36.9 Å². The van der Waals surface area contributed by atoms with Crippen LogP contribution in [0.25, 0.3) is 0 Å². The second-order valence-electron chi connectivity index (χ2n) is 6.18. The molecule has 0 aliphatic carbocycles. The molecule has 9 heteroatoms. The molecule has 148 valence electrons. The number of para-hydroxylation sites is 1. The number of amides is 1. The molecule has 29 heavy (non-hydrogen) atoms. The van der Waals surface area contributed by atoms with Gasteiger partial charge in [-0.15, -0.1) is 10.2 Å². The maximum atomic E-state index is 12.4. The molecule has 0 fully saturated rings. The molecule has 1 aliphatic rings. The number of benzene rings is 1. The number of carbonyl (C=O) groups excluding carboxylic acids is 1. The van der Waals surface area contributed by atoms with Crippen LogP contribution in [-0.4, -0.2) is 47.4 Å². The molecule has 3 aromatic rings. The summed E-state index contributed by atoms with van der Waals surface area (Å²) in [6.45, 7) is 1.84. The Kier molecular flexibility index (Phi) is 5.65. The number of hydrogen-bond acceptors (Lipinski definition) is 8. The van der Waals surface area contributed by atoms with Gasteiger partial charge in [0.2, 0.25) is 0 Å². The lowest BCUT2D eigenvalue weighted by Gasteiger charge is -2.20. The second kappa shape index (κ2) is 8.87. The summed E-state index contributed by atoms with van der Waals surface area (Å²) in [5.74, 6) is 2.11. The van der Waals surface area contributed by atoms with Crippen molar-refractivity contribution in [3.8, 4) is 11.5 Å². The summed E-state index contributed by atoms with van der Waals surface area (Å²) in [7, 11) is 0. The number of nitrogens with one attached hydrogen (secondary N) is 3. The maximum absolute atomic E-state index is 12.4. The van der Waals surface area contributed by atoms with Crippen molar-refractivity contribution in [1.82, 2.24) is 20.5 Å². The van der Waals surface area contributed by atoms with Crippen LogP contribution in [0.4, 0.5) is 17.3 Å². The zero-order valence-corrected chi connectivity index (χ0v) is 15.6. The molecule has 2 aromatic heterocycles. The smallest absolute Gasteiger partial charge is 0.255 e. The van der Waals surface area contributed by atoms with Crippen molar-refractivity contribution in [3.63, 3.8) is 0 Å². The summed E-state index contributed by atoms with van der Waals surface area (Å²) in [6, 6.07) is 12.6. The van der Waals surface area contributed by atoms with Crippen LogP contribution in [-0.2, 0) is 0 Å². The molecule has 1 amide bonds. The van der Waals surface area contributed by atoms with Crippen LogP contribution in [0.3, 0.4) is 0 Å². The first-order chi connectivity index (χ1) is 14.3. The van der Waals surface area contributed by atoms with Gasteiger partial charge in [-0.25, -0.2) is 0 Å². The van der Waals surface area contributed by atoms with Gasteiger partial charge in [0.1, 0.15) is 19.0 Å². The van der Waals surface area contributed by atoms with E-state index in [1.54, 1.807) is 30.6 Å². The molecule has 3 N–H and O–H groups in total. The van der Waals surface area contributed by atoms with Crippen molar-refractivity contribution in [1.29, 1.82) is 0 Å². The predicted molar refractivity (Wildman–Crippen MR) is 108 cm³/mol. The lowest BCUT2D eigenvalue weighted by Crippen LogP contribution is -2.30. The third-order valence-electron chi connectivity index (χ3n) is 4.13. The van der Waals surface area contributed by atoms with E-state index in [1.807, 2.05) is 24.3 Å². The number of aromatic nitrogens is 3. The van der Waals surface area contributed by atoms with Gasteiger partial charge in [-0.05, 0) is 36.4 Å². The fourth-order valence-electron chi connectivity index (χ4n) is 2.79. The van der Waals surface area contributed by atoms with Gasteiger partial charge in [0.15, 0.2) is 17.3 Å². The standard InChI is InChI=1S/C20H20N6O3/c27-20(15-4-1-5-16-19(15)29-12-11-28-16)23-10-9-22-17-6-7-18(26-25-17)24-14-3-2-8-21-13-14/h1-8,13H,9-12H2,(H,22,25)(H,23,27)(H,24,26). The summed E-state index contributed by atoms with van der Waals surface area (Å²) in [4.78, 5) is 16.5. The average molecular weight is 392 g/mol. The zero-order chi connectivity index (χ0) is 19.9. The minimum absolute atomic E-state index is 0.212. The summed E-state index contributed by atoms with van der Waals surface area (Å²) in [5.41, 5.74) is 1.30. The van der Waals surface area contributed by atoms with Crippen molar-refractivity contribution < 1.29 is 14.3 Å². The first kappa shape index (κ1) is 18.5. The van der Waals surface area contributed by atoms with Crippen molar-refractivity contribution in [3.05, 3.63) is 60.4 Å². The molecule has 0 spiro atoms. The Morgan fingerprint density at radius 2 is 1.83 bits per heavy atom. The molecule has 0 atom stereocenters. The van der Waals surface area contributed by atoms with Crippen LogP contribution in [0.1, 0.15) is 10.4 Å². The van der Waals surface area contributed by atoms with E-state index in [2.05, 4.69) is 31.1 Å². The molecule has 0 saturated carbocycles. The molecule has 1 aromatic carbocycles. The van der Waals surface area contributed by atoms with Crippen LogP contribution in [0.5, 0.6) is 11.5 Å². The summed E-state index contributed by atoms with van der Waals surface area (Å²) in [5, 5.41) is 17.3. The fraction of sp³-hybridized carbons (Fsp3) is 0.200. The molecule has 0 radical (unpaired) electrons. The number of nitrogens with zero attached hydrogens (tertiary/aromatic N) is 3. The van der Waals surface area contributed by atoms with Crippen molar-refractivity contribution in [2.45, 2.75) is 0 Å². The third kappa shape index (κ3) is 4.70. The average Bonchev–Trinajstić information content (AvgIpc) is 2.78. The molecule has 9 nitrogen and oxygen atoms in total. The Morgan fingerprint density at radius 1 is 0.966 bits per heavy atom. The number of fused-ring (bicyclic) bond motifs is 1. The molecular formula is C20H20N6O3. The quantitative estimate of drug-likeness (QED) is 0.525. The van der Waals surface area contributed by atoms with Gasteiger partial charge >= 0.3 is 0 Å². The third-order valence-corrected chi connectivity index (χ3v) is 4.13. The molecule has 4 rings (SSSR count). The number of rotatable bonds is 7. The zero-order valence-electron chi connectivity index (χ0n) is 15.6. The van der Waals surface area contributed by atoms with Crippen LogP contribution in [0, 0.1) is 0 Å². The summed E-state index contributed by atoms with van der Waals surface area (Å²) >= 11 is 0. The largest absolute Gasteiger partial charge is 0.486 e. The molecule has 1 aliphatic heterocycles. The van der Waals surface area contributed by atoms with Gasteiger partial charge in [0.25, 0.3) is 5.91 Å². The van der Waals surface area contributed by atoms with E-state index in [1.165, 1.54) is 0 Å². The Hall–Kier alpha value is -3.88. The topological polar surface area (TPSA) is 110 Å². The minimum atomic E-state index is -0.212. The lowest BCUT2D eigenvalue weighted by atomic mass is 10.1. The highest BCUT2D eigenvalue weighted by Crippen LogP contribution is 2.33. The monoisotopic (exact) mass is 392 g/mol. The van der Waals surface area contributed by atoms with E-state index in [-0.39, 0.29) is 5.91 Å². The van der Waals surface area contributed by atoms with Gasteiger partial charge < -0.3 is 25.4 Å². The number of anilines is 3. The molecule has 3 heterocycles. The normalized spacial score (nSPS) is 12.1. The van der Waals surface area contributed by atoms with Gasteiger partial charge in [0, 0.05) is 19.3 Å². The minimum Gasteiger partial charge on any atom is -0.486 e. The Labute approximate surface area is 167 Å². The van der Waals surface area contributed by atoms with Gasteiger partial charge in [0.05, 0.1) is 17.4 Å². The molecule has 0 unspecified atom stereocenters. The first-order valence-electron chi connectivity index (χ1n) is 9.21. The van der Waals surface area contributed by atoms with E-state index >= 15 is 0 Å². The van der Waals surface area contributed by atoms with Crippen LogP contribution >= 0.6 is 0 Å². The number of pyridine rings is 1. The Morgan fingerprint density at radius 3 is 2.66 bits per heavy atom. The molecular weight excluding hydrogens is 372 g/mol. The number of carbonyl (C=O) groups is 1. The van der Waals surface area contributed by atoms with Crippen LogP contribution in [0.15, 0.2) is 54.9 Å². The number of hydrogen-bond donors (Lipinski definition) is 3. The summed E-state index contributed by atoms with van der Waals surface area (Å²) in [6.07, 6.45) is 3.41. The number of ether oxygens (including phenoxy) is 2. The SMILES string of the molecule is O=C(NCCNc1ccc(Nc2cccnc2)nn1)c1cccc2c1OCCO2. The fourth-order valence-corrected chi connectivity index (χ4v) is 2.79.